The van der Waals surface area contributed by atoms with E-state index < -0.39 is 6.09 Å². The molecule has 1 rings (SSSR count). The van der Waals surface area contributed by atoms with Crippen molar-refractivity contribution in [3.05, 3.63) is 0 Å². The summed E-state index contributed by atoms with van der Waals surface area (Å²) < 4.78 is 9.70. The van der Waals surface area contributed by atoms with Gasteiger partial charge >= 0.3 is 6.09 Å². The monoisotopic (exact) mass is 190 g/mol. The zero-order chi connectivity index (χ0) is 9.52. The van der Waals surface area contributed by atoms with Crippen molar-refractivity contribution in [2.45, 2.75) is 0 Å². The minimum absolute atomic E-state index is 0.0240. The van der Waals surface area contributed by atoms with Crippen molar-refractivity contribution in [3.8, 4) is 0 Å². The zero-order valence-corrected chi connectivity index (χ0v) is 7.36. The molecule has 0 unspecified atom stereocenters. The number of hydrogen-bond acceptors (Lipinski definition) is 5. The molecule has 0 aromatic rings. The van der Waals surface area contributed by atoms with E-state index in [1.54, 1.807) is 5.01 Å². The molecule has 2 N–H and O–H groups in total. The van der Waals surface area contributed by atoms with Gasteiger partial charge in [0, 0.05) is 13.1 Å². The third-order valence-corrected chi connectivity index (χ3v) is 1.58. The van der Waals surface area contributed by atoms with Crippen molar-refractivity contribution in [1.29, 1.82) is 0 Å². The summed E-state index contributed by atoms with van der Waals surface area (Å²) in [7, 11) is 0. The highest BCUT2D eigenvalue weighted by molar-refractivity contribution is 5.66. The Morgan fingerprint density at radius 1 is 1.54 bits per heavy atom. The second-order valence-corrected chi connectivity index (χ2v) is 2.57. The quantitative estimate of drug-likeness (QED) is 0.594. The molecule has 6 heteroatoms. The second-order valence-electron chi connectivity index (χ2n) is 2.57. The lowest BCUT2D eigenvalue weighted by Crippen LogP contribution is -2.48. The lowest BCUT2D eigenvalue weighted by atomic mass is 10.5. The average Bonchev–Trinajstić information content (AvgIpc) is 2.16. The predicted molar refractivity (Wildman–Crippen MR) is 44.0 cm³/mol. The molecule has 13 heavy (non-hydrogen) atoms. The Balaban J connectivity index is 2.11. The lowest BCUT2D eigenvalue weighted by molar-refractivity contribution is 0.00845. The van der Waals surface area contributed by atoms with Crippen molar-refractivity contribution >= 4 is 6.09 Å². The Morgan fingerprint density at radius 2 is 2.23 bits per heavy atom. The van der Waals surface area contributed by atoms with E-state index in [1.165, 1.54) is 0 Å². The molecular formula is C7H14N2O4. The van der Waals surface area contributed by atoms with Crippen LogP contribution in [0.1, 0.15) is 0 Å². The van der Waals surface area contributed by atoms with Gasteiger partial charge in [-0.3, -0.25) is 5.43 Å². The minimum atomic E-state index is -0.532. The summed E-state index contributed by atoms with van der Waals surface area (Å²) in [5, 5.41) is 10.1. The molecule has 0 radical (unpaired) electrons. The van der Waals surface area contributed by atoms with Gasteiger partial charge in [-0.15, -0.1) is 0 Å². The number of hydrazine groups is 1. The molecule has 0 aromatic carbocycles. The molecule has 1 saturated heterocycles. The molecule has 0 bridgehead atoms. The van der Waals surface area contributed by atoms with Crippen LogP contribution in [0.4, 0.5) is 4.79 Å². The summed E-state index contributed by atoms with van der Waals surface area (Å²) in [5.41, 5.74) is 2.53. The van der Waals surface area contributed by atoms with Gasteiger partial charge in [0.2, 0.25) is 0 Å². The van der Waals surface area contributed by atoms with E-state index in [0.717, 1.165) is 0 Å². The fourth-order valence-electron chi connectivity index (χ4n) is 0.975. The van der Waals surface area contributed by atoms with Crippen LogP contribution in [0, 0.1) is 0 Å². The van der Waals surface area contributed by atoms with Crippen molar-refractivity contribution in [1.82, 2.24) is 10.4 Å². The van der Waals surface area contributed by atoms with E-state index in [9.17, 15) is 4.79 Å². The third kappa shape index (κ3) is 4.07. The Bertz CT molecular complexity index is 159. The van der Waals surface area contributed by atoms with Gasteiger partial charge in [-0.2, -0.15) is 0 Å². The number of carbonyl (C=O) groups is 1. The highest BCUT2D eigenvalue weighted by Crippen LogP contribution is 1.92. The van der Waals surface area contributed by atoms with Crippen LogP contribution in [-0.4, -0.2) is 55.7 Å². The predicted octanol–water partition coefficient (Wildman–Crippen LogP) is -1.05. The first-order chi connectivity index (χ1) is 6.33. The summed E-state index contributed by atoms with van der Waals surface area (Å²) in [6, 6.07) is 0. The van der Waals surface area contributed by atoms with E-state index in [4.69, 9.17) is 9.84 Å². The number of hydrogen-bond donors (Lipinski definition) is 2. The maximum Gasteiger partial charge on any atom is 0.421 e. The Hall–Kier alpha value is -0.850. The number of aliphatic hydroxyl groups excluding tert-OH is 1. The van der Waals surface area contributed by atoms with E-state index in [0.29, 0.717) is 26.3 Å². The molecular weight excluding hydrogens is 176 g/mol. The number of morpholine rings is 1. The summed E-state index contributed by atoms with van der Waals surface area (Å²) >= 11 is 0. The maximum atomic E-state index is 10.9. The highest BCUT2D eigenvalue weighted by atomic mass is 16.6. The van der Waals surface area contributed by atoms with Crippen molar-refractivity contribution in [3.63, 3.8) is 0 Å². The maximum absolute atomic E-state index is 10.9. The molecule has 1 amide bonds. The molecule has 1 aliphatic rings. The van der Waals surface area contributed by atoms with Crippen LogP contribution in [0.25, 0.3) is 0 Å². The van der Waals surface area contributed by atoms with Crippen LogP contribution in [0.2, 0.25) is 0 Å². The van der Waals surface area contributed by atoms with Gasteiger partial charge < -0.3 is 14.6 Å². The van der Waals surface area contributed by atoms with Gasteiger partial charge in [0.1, 0.15) is 6.61 Å². The van der Waals surface area contributed by atoms with Gasteiger partial charge in [-0.25, -0.2) is 9.80 Å². The number of nitrogens with zero attached hydrogens (tertiary/aromatic N) is 1. The first kappa shape index (κ1) is 10.2. The fourth-order valence-corrected chi connectivity index (χ4v) is 0.975. The highest BCUT2D eigenvalue weighted by Gasteiger charge is 2.12. The smallest absolute Gasteiger partial charge is 0.421 e. The van der Waals surface area contributed by atoms with Crippen LogP contribution in [0.3, 0.4) is 0 Å². The van der Waals surface area contributed by atoms with Crippen molar-refractivity contribution in [2.75, 3.05) is 39.5 Å². The number of aliphatic hydroxyl groups is 1. The minimum Gasteiger partial charge on any atom is -0.446 e. The SMILES string of the molecule is O=C(NN1CCOCC1)OCCO. The number of carbonyl (C=O) groups excluding carboxylic acids is 1. The molecule has 0 atom stereocenters. The molecule has 1 aliphatic heterocycles. The molecule has 0 aromatic heterocycles. The number of ether oxygens (including phenoxy) is 2. The zero-order valence-electron chi connectivity index (χ0n) is 7.36. The molecule has 76 valence electrons. The molecule has 0 aliphatic carbocycles. The van der Waals surface area contributed by atoms with Crippen LogP contribution in [0.15, 0.2) is 0 Å². The van der Waals surface area contributed by atoms with Crippen LogP contribution in [0.5, 0.6) is 0 Å². The van der Waals surface area contributed by atoms with Gasteiger partial charge in [-0.05, 0) is 0 Å². The first-order valence-corrected chi connectivity index (χ1v) is 4.20. The van der Waals surface area contributed by atoms with Gasteiger partial charge in [0.25, 0.3) is 0 Å². The largest absolute Gasteiger partial charge is 0.446 e. The molecule has 1 heterocycles. The Labute approximate surface area is 76.4 Å². The van der Waals surface area contributed by atoms with Crippen molar-refractivity contribution in [2.24, 2.45) is 0 Å². The van der Waals surface area contributed by atoms with E-state index in [1.807, 2.05) is 0 Å². The van der Waals surface area contributed by atoms with Crippen molar-refractivity contribution < 1.29 is 19.4 Å². The Kier molecular flexibility index (Phi) is 4.52. The van der Waals surface area contributed by atoms with E-state index >= 15 is 0 Å². The van der Waals surface area contributed by atoms with Crippen LogP contribution >= 0.6 is 0 Å². The molecule has 6 nitrogen and oxygen atoms in total. The van der Waals surface area contributed by atoms with Gasteiger partial charge in [0.05, 0.1) is 19.8 Å². The molecule has 0 saturated carbocycles. The molecule has 0 spiro atoms. The van der Waals surface area contributed by atoms with E-state index in [2.05, 4.69) is 10.2 Å². The topological polar surface area (TPSA) is 71.0 Å². The molecule has 1 fully saturated rings. The van der Waals surface area contributed by atoms with Crippen LogP contribution < -0.4 is 5.43 Å². The van der Waals surface area contributed by atoms with Crippen LogP contribution in [-0.2, 0) is 9.47 Å². The normalized spacial score (nSPS) is 18.2. The fraction of sp³-hybridized carbons (Fsp3) is 0.857. The summed E-state index contributed by atoms with van der Waals surface area (Å²) in [6.07, 6.45) is -0.532. The number of nitrogens with one attached hydrogen (secondary N) is 1. The number of rotatable bonds is 3. The number of amides is 1. The van der Waals surface area contributed by atoms with E-state index in [-0.39, 0.29) is 13.2 Å². The standard InChI is InChI=1S/C7H14N2O4/c10-3-6-13-7(11)8-9-1-4-12-5-2-9/h10H,1-6H2,(H,8,11). The average molecular weight is 190 g/mol. The summed E-state index contributed by atoms with van der Waals surface area (Å²) in [4.78, 5) is 10.9. The summed E-state index contributed by atoms with van der Waals surface area (Å²) in [5.74, 6) is 0. The Morgan fingerprint density at radius 3 is 2.85 bits per heavy atom. The first-order valence-electron chi connectivity index (χ1n) is 4.20. The summed E-state index contributed by atoms with van der Waals surface area (Å²) in [6.45, 7) is 2.41. The van der Waals surface area contributed by atoms with Gasteiger partial charge in [0.15, 0.2) is 0 Å². The second kappa shape index (κ2) is 5.74. The third-order valence-electron chi connectivity index (χ3n) is 1.58. The lowest BCUT2D eigenvalue weighted by Gasteiger charge is -2.26. The van der Waals surface area contributed by atoms with Gasteiger partial charge in [-0.1, -0.05) is 0 Å².